The fourth-order valence-corrected chi connectivity index (χ4v) is 5.04. The molecule has 4 rings (SSSR count). The molecule has 3 heteroatoms. The number of hydrogen-bond acceptors (Lipinski definition) is 3. The number of benzene rings is 2. The maximum atomic E-state index is 2.71. The Balaban J connectivity index is 1.58. The maximum Gasteiger partial charge on any atom is 0.0405 e. The highest BCUT2D eigenvalue weighted by atomic mass is 32.2. The number of hydrogen-bond donors (Lipinski definition) is 0. The zero-order valence-electron chi connectivity index (χ0n) is 15.5. The molecule has 0 spiro atoms. The van der Waals surface area contributed by atoms with Gasteiger partial charge in [-0.2, -0.15) is 0 Å². The molecule has 1 saturated heterocycles. The van der Waals surface area contributed by atoms with E-state index >= 15 is 0 Å². The van der Waals surface area contributed by atoms with Crippen LogP contribution in [0.1, 0.15) is 29.0 Å². The molecule has 25 heavy (non-hydrogen) atoms. The van der Waals surface area contributed by atoms with Crippen LogP contribution in [0.25, 0.3) is 0 Å². The Morgan fingerprint density at radius 1 is 1.16 bits per heavy atom. The lowest BCUT2D eigenvalue weighted by molar-refractivity contribution is 0.231. The molecular weight excluding hydrogens is 324 g/mol. The SMILES string of the molecule is CSc1cccc(CCN2c3ccc(C)cc3C3CN(C)CCC32)c1. The predicted molar refractivity (Wildman–Crippen MR) is 109 cm³/mol. The minimum Gasteiger partial charge on any atom is -0.367 e. The quantitative estimate of drug-likeness (QED) is 0.745. The highest BCUT2D eigenvalue weighted by Crippen LogP contribution is 2.44. The number of fused-ring (bicyclic) bond motifs is 3. The molecule has 1 fully saturated rings. The zero-order chi connectivity index (χ0) is 17.4. The number of likely N-dealkylation sites (tertiary alicyclic amines) is 1. The number of piperidine rings is 1. The van der Waals surface area contributed by atoms with Crippen LogP contribution in [0.3, 0.4) is 0 Å². The van der Waals surface area contributed by atoms with Gasteiger partial charge < -0.3 is 9.80 Å². The third-order valence-electron chi connectivity index (χ3n) is 5.85. The molecule has 2 aliphatic heterocycles. The van der Waals surface area contributed by atoms with Gasteiger partial charge in [0, 0.05) is 35.6 Å². The van der Waals surface area contributed by atoms with Crippen molar-refractivity contribution >= 4 is 17.4 Å². The second-order valence-corrected chi connectivity index (χ2v) is 8.46. The first-order valence-corrected chi connectivity index (χ1v) is 10.6. The first kappa shape index (κ1) is 17.0. The highest BCUT2D eigenvalue weighted by molar-refractivity contribution is 7.98. The van der Waals surface area contributed by atoms with E-state index in [1.54, 1.807) is 5.56 Å². The van der Waals surface area contributed by atoms with E-state index in [0.29, 0.717) is 12.0 Å². The number of anilines is 1. The van der Waals surface area contributed by atoms with Gasteiger partial charge in [-0.25, -0.2) is 0 Å². The van der Waals surface area contributed by atoms with Crippen molar-refractivity contribution in [1.82, 2.24) is 4.90 Å². The van der Waals surface area contributed by atoms with Crippen LogP contribution in [0.5, 0.6) is 0 Å². The van der Waals surface area contributed by atoms with Gasteiger partial charge in [-0.15, -0.1) is 11.8 Å². The van der Waals surface area contributed by atoms with Gasteiger partial charge in [0.2, 0.25) is 0 Å². The van der Waals surface area contributed by atoms with Crippen LogP contribution in [0.15, 0.2) is 47.4 Å². The summed E-state index contributed by atoms with van der Waals surface area (Å²) in [6.45, 7) is 5.75. The fourth-order valence-electron chi connectivity index (χ4n) is 4.56. The van der Waals surface area contributed by atoms with E-state index in [4.69, 9.17) is 0 Å². The number of likely N-dealkylation sites (N-methyl/N-ethyl adjacent to an activating group) is 1. The van der Waals surface area contributed by atoms with Crippen molar-refractivity contribution in [1.29, 1.82) is 0 Å². The van der Waals surface area contributed by atoms with Gasteiger partial charge >= 0.3 is 0 Å². The molecule has 132 valence electrons. The van der Waals surface area contributed by atoms with Gasteiger partial charge in [0.15, 0.2) is 0 Å². The minimum atomic E-state index is 0.672. The Bertz CT molecular complexity index is 757. The lowest BCUT2D eigenvalue weighted by atomic mass is 9.89. The minimum absolute atomic E-state index is 0.672. The van der Waals surface area contributed by atoms with Crippen LogP contribution in [0.2, 0.25) is 0 Å². The first-order chi connectivity index (χ1) is 12.2. The largest absolute Gasteiger partial charge is 0.367 e. The van der Waals surface area contributed by atoms with Crippen molar-refractivity contribution < 1.29 is 0 Å². The lowest BCUT2D eigenvalue weighted by Gasteiger charge is -2.37. The summed E-state index contributed by atoms with van der Waals surface area (Å²) in [7, 11) is 2.27. The average Bonchev–Trinajstić information content (AvgIpc) is 2.92. The van der Waals surface area contributed by atoms with Gasteiger partial charge in [0.05, 0.1) is 0 Å². The summed E-state index contributed by atoms with van der Waals surface area (Å²) in [6.07, 6.45) is 4.56. The summed E-state index contributed by atoms with van der Waals surface area (Å²) in [5.41, 5.74) is 5.91. The van der Waals surface area contributed by atoms with E-state index in [2.05, 4.69) is 72.5 Å². The first-order valence-electron chi connectivity index (χ1n) is 9.34. The van der Waals surface area contributed by atoms with Crippen molar-refractivity contribution in [3.05, 3.63) is 59.2 Å². The van der Waals surface area contributed by atoms with Crippen LogP contribution in [-0.4, -0.2) is 43.9 Å². The molecule has 2 aromatic carbocycles. The van der Waals surface area contributed by atoms with Crippen molar-refractivity contribution in [2.24, 2.45) is 0 Å². The summed E-state index contributed by atoms with van der Waals surface area (Å²) in [6, 6.07) is 16.8. The number of rotatable bonds is 4. The summed E-state index contributed by atoms with van der Waals surface area (Å²) in [5.74, 6) is 0.672. The standard InChI is InChI=1S/C22H28N2S/c1-16-7-8-21-19(13-16)20-15-23(2)11-10-22(20)24(21)12-9-17-5-4-6-18(14-17)25-3/h4-8,13-14,20,22H,9-12,15H2,1-3H3. The second kappa shape index (κ2) is 7.05. The van der Waals surface area contributed by atoms with E-state index in [1.807, 2.05) is 11.8 Å². The lowest BCUT2D eigenvalue weighted by Crippen LogP contribution is -2.45. The van der Waals surface area contributed by atoms with Gasteiger partial charge in [-0.1, -0.05) is 29.8 Å². The molecule has 2 atom stereocenters. The molecule has 0 bridgehead atoms. The van der Waals surface area contributed by atoms with E-state index in [1.165, 1.54) is 41.2 Å². The molecule has 2 aromatic rings. The van der Waals surface area contributed by atoms with Gasteiger partial charge in [-0.3, -0.25) is 0 Å². The van der Waals surface area contributed by atoms with E-state index in [-0.39, 0.29) is 0 Å². The molecule has 0 amide bonds. The summed E-state index contributed by atoms with van der Waals surface area (Å²) < 4.78 is 0. The van der Waals surface area contributed by atoms with Crippen LogP contribution < -0.4 is 4.90 Å². The van der Waals surface area contributed by atoms with Crippen LogP contribution in [0.4, 0.5) is 5.69 Å². The van der Waals surface area contributed by atoms with Crippen molar-refractivity contribution in [3.63, 3.8) is 0 Å². The third-order valence-corrected chi connectivity index (χ3v) is 6.57. The summed E-state index contributed by atoms with van der Waals surface area (Å²) in [4.78, 5) is 6.57. The second-order valence-electron chi connectivity index (χ2n) is 7.58. The number of nitrogens with zero attached hydrogens (tertiary/aromatic N) is 2. The summed E-state index contributed by atoms with van der Waals surface area (Å²) in [5, 5.41) is 0. The van der Waals surface area contributed by atoms with E-state index in [9.17, 15) is 0 Å². The molecule has 0 saturated carbocycles. The Morgan fingerprint density at radius 3 is 2.88 bits per heavy atom. The molecule has 0 aliphatic carbocycles. The maximum absolute atomic E-state index is 2.71. The predicted octanol–water partition coefficient (Wildman–Crippen LogP) is 4.57. The van der Waals surface area contributed by atoms with Crippen molar-refractivity contribution in [2.75, 3.05) is 37.8 Å². The monoisotopic (exact) mass is 352 g/mol. The molecule has 0 radical (unpaired) electrons. The van der Waals surface area contributed by atoms with Crippen LogP contribution in [0, 0.1) is 6.92 Å². The van der Waals surface area contributed by atoms with E-state index in [0.717, 1.165) is 13.0 Å². The van der Waals surface area contributed by atoms with Crippen LogP contribution in [-0.2, 0) is 6.42 Å². The normalized spacial score (nSPS) is 22.8. The Labute approximate surface area is 156 Å². The molecular formula is C22H28N2S. The molecule has 2 nitrogen and oxygen atoms in total. The number of thioether (sulfide) groups is 1. The van der Waals surface area contributed by atoms with Crippen LogP contribution >= 0.6 is 11.8 Å². The molecule has 2 unspecified atom stereocenters. The molecule has 0 N–H and O–H groups in total. The Hall–Kier alpha value is -1.45. The van der Waals surface area contributed by atoms with Gasteiger partial charge in [0.25, 0.3) is 0 Å². The third kappa shape index (κ3) is 3.32. The van der Waals surface area contributed by atoms with Gasteiger partial charge in [-0.05, 0) is 68.9 Å². The Kier molecular flexibility index (Phi) is 4.79. The summed E-state index contributed by atoms with van der Waals surface area (Å²) >= 11 is 1.83. The van der Waals surface area contributed by atoms with E-state index < -0.39 is 0 Å². The van der Waals surface area contributed by atoms with Crippen molar-refractivity contribution in [3.8, 4) is 0 Å². The molecule has 2 heterocycles. The highest BCUT2D eigenvalue weighted by Gasteiger charge is 2.40. The topological polar surface area (TPSA) is 6.48 Å². The molecule has 2 aliphatic rings. The Morgan fingerprint density at radius 2 is 2.04 bits per heavy atom. The zero-order valence-corrected chi connectivity index (χ0v) is 16.4. The average molecular weight is 353 g/mol. The smallest absolute Gasteiger partial charge is 0.0405 e. The van der Waals surface area contributed by atoms with Crippen molar-refractivity contribution in [2.45, 2.75) is 36.6 Å². The number of aryl methyl sites for hydroxylation is 1. The fraction of sp³-hybridized carbons (Fsp3) is 0.455. The molecule has 0 aromatic heterocycles. The van der Waals surface area contributed by atoms with Gasteiger partial charge in [0.1, 0.15) is 0 Å².